The second kappa shape index (κ2) is 6.67. The van der Waals surface area contributed by atoms with E-state index in [4.69, 9.17) is 4.74 Å². The van der Waals surface area contributed by atoms with E-state index in [1.54, 1.807) is 6.33 Å². The minimum atomic E-state index is 0.362. The summed E-state index contributed by atoms with van der Waals surface area (Å²) in [6.45, 7) is 2.78. The molecule has 0 radical (unpaired) electrons. The first kappa shape index (κ1) is 14.6. The highest BCUT2D eigenvalue weighted by molar-refractivity contribution is 5.50. The van der Waals surface area contributed by atoms with Crippen LogP contribution in [-0.4, -0.2) is 29.2 Å². The lowest BCUT2D eigenvalue weighted by atomic mass is 10.1. The summed E-state index contributed by atoms with van der Waals surface area (Å²) in [5.41, 5.74) is 3.90. The van der Waals surface area contributed by atoms with Crippen LogP contribution in [0.3, 0.4) is 0 Å². The molecule has 0 bridgehead atoms. The van der Waals surface area contributed by atoms with Gasteiger partial charge >= 0.3 is 0 Å². The Bertz CT molecular complexity index is 651. The number of nitrogens with zero attached hydrogens (tertiary/aromatic N) is 3. The molecule has 0 unspecified atom stereocenters. The molecule has 120 valence electrons. The van der Waals surface area contributed by atoms with Crippen LogP contribution in [-0.2, 0) is 24.2 Å². The van der Waals surface area contributed by atoms with E-state index in [2.05, 4.69) is 39.1 Å². The zero-order valence-corrected chi connectivity index (χ0v) is 13.4. The van der Waals surface area contributed by atoms with Gasteiger partial charge in [0.05, 0.1) is 12.7 Å². The summed E-state index contributed by atoms with van der Waals surface area (Å²) in [5, 5.41) is 0. The van der Waals surface area contributed by atoms with Gasteiger partial charge in [0.25, 0.3) is 0 Å². The fourth-order valence-corrected chi connectivity index (χ4v) is 3.64. The maximum Gasteiger partial charge on any atom is 0.135 e. The van der Waals surface area contributed by atoms with Gasteiger partial charge in [-0.1, -0.05) is 30.3 Å². The highest BCUT2D eigenvalue weighted by atomic mass is 16.5. The number of anilines is 1. The van der Waals surface area contributed by atoms with Crippen LogP contribution in [0.4, 0.5) is 5.82 Å². The van der Waals surface area contributed by atoms with Gasteiger partial charge in [-0.2, -0.15) is 0 Å². The zero-order valence-electron chi connectivity index (χ0n) is 13.4. The lowest BCUT2D eigenvalue weighted by Gasteiger charge is -2.33. The lowest BCUT2D eigenvalue weighted by Crippen LogP contribution is -2.38. The first-order valence-electron chi connectivity index (χ1n) is 8.63. The normalized spacial score (nSPS) is 18.2. The molecule has 4 rings (SSSR count). The van der Waals surface area contributed by atoms with Crippen LogP contribution in [0.1, 0.15) is 36.1 Å². The Morgan fingerprint density at radius 3 is 2.70 bits per heavy atom. The summed E-state index contributed by atoms with van der Waals surface area (Å²) < 4.78 is 6.09. The number of benzene rings is 1. The molecule has 0 atom stereocenters. The third kappa shape index (κ3) is 3.22. The predicted molar refractivity (Wildman–Crippen MR) is 90.5 cm³/mol. The van der Waals surface area contributed by atoms with Crippen LogP contribution in [0.5, 0.6) is 0 Å². The van der Waals surface area contributed by atoms with E-state index in [0.717, 1.165) is 38.8 Å². The maximum atomic E-state index is 6.09. The first-order valence-corrected chi connectivity index (χ1v) is 8.63. The monoisotopic (exact) mass is 309 g/mol. The molecule has 1 aliphatic heterocycles. The molecule has 0 saturated carbocycles. The number of ether oxygens (including phenoxy) is 1. The largest absolute Gasteiger partial charge is 0.373 e. The van der Waals surface area contributed by atoms with Gasteiger partial charge in [0, 0.05) is 24.3 Å². The summed E-state index contributed by atoms with van der Waals surface area (Å²) >= 11 is 0. The second-order valence-corrected chi connectivity index (χ2v) is 6.46. The Morgan fingerprint density at radius 2 is 1.87 bits per heavy atom. The van der Waals surface area contributed by atoms with Crippen molar-refractivity contribution in [2.45, 2.75) is 44.8 Å². The molecule has 2 aromatic rings. The van der Waals surface area contributed by atoms with Gasteiger partial charge in [-0.05, 0) is 37.7 Å². The maximum absolute atomic E-state index is 6.09. The molecule has 1 aromatic heterocycles. The van der Waals surface area contributed by atoms with E-state index >= 15 is 0 Å². The Labute approximate surface area is 137 Å². The average molecular weight is 309 g/mol. The van der Waals surface area contributed by atoms with Gasteiger partial charge < -0.3 is 9.64 Å². The standard InChI is InChI=1S/C19H23N3O/c1-2-5-15(6-3-1)13-23-16-9-11-22(12-10-16)19-17-7-4-8-18(17)20-14-21-19/h1-3,5-6,14,16H,4,7-13H2. The topological polar surface area (TPSA) is 38.2 Å². The van der Waals surface area contributed by atoms with Gasteiger partial charge in [-0.25, -0.2) is 9.97 Å². The third-order valence-corrected chi connectivity index (χ3v) is 4.92. The van der Waals surface area contributed by atoms with Gasteiger partial charge in [-0.3, -0.25) is 0 Å². The number of piperidine rings is 1. The second-order valence-electron chi connectivity index (χ2n) is 6.46. The molecule has 1 aliphatic carbocycles. The predicted octanol–water partition coefficient (Wildman–Crippen LogP) is 3.15. The fourth-order valence-electron chi connectivity index (χ4n) is 3.64. The van der Waals surface area contributed by atoms with E-state index in [1.807, 2.05) is 6.07 Å². The van der Waals surface area contributed by atoms with Crippen molar-refractivity contribution >= 4 is 5.82 Å². The third-order valence-electron chi connectivity index (χ3n) is 4.92. The molecule has 4 heteroatoms. The Morgan fingerprint density at radius 1 is 1.04 bits per heavy atom. The van der Waals surface area contributed by atoms with Gasteiger partial charge in [0.15, 0.2) is 0 Å². The van der Waals surface area contributed by atoms with Crippen molar-refractivity contribution in [2.75, 3.05) is 18.0 Å². The fraction of sp³-hybridized carbons (Fsp3) is 0.474. The minimum Gasteiger partial charge on any atom is -0.373 e. The quantitative estimate of drug-likeness (QED) is 0.869. The van der Waals surface area contributed by atoms with Crippen molar-refractivity contribution in [1.82, 2.24) is 9.97 Å². The van der Waals surface area contributed by atoms with E-state index in [1.165, 1.54) is 29.1 Å². The molecule has 1 fully saturated rings. The van der Waals surface area contributed by atoms with Crippen molar-refractivity contribution in [2.24, 2.45) is 0 Å². The van der Waals surface area contributed by atoms with Crippen molar-refractivity contribution in [3.8, 4) is 0 Å². The molecule has 0 spiro atoms. The van der Waals surface area contributed by atoms with E-state index in [9.17, 15) is 0 Å². The van der Waals surface area contributed by atoms with Crippen molar-refractivity contribution in [3.05, 3.63) is 53.5 Å². The Hall–Kier alpha value is -1.94. The molecular weight excluding hydrogens is 286 g/mol. The molecule has 2 heterocycles. The number of rotatable bonds is 4. The Balaban J connectivity index is 1.34. The summed E-state index contributed by atoms with van der Waals surface area (Å²) in [5.74, 6) is 1.18. The van der Waals surface area contributed by atoms with Crippen LogP contribution in [0.15, 0.2) is 36.7 Å². The minimum absolute atomic E-state index is 0.362. The van der Waals surface area contributed by atoms with Crippen LogP contribution in [0.2, 0.25) is 0 Å². The van der Waals surface area contributed by atoms with E-state index in [-0.39, 0.29) is 0 Å². The number of aromatic nitrogens is 2. The summed E-state index contributed by atoms with van der Waals surface area (Å²) in [6.07, 6.45) is 7.71. The van der Waals surface area contributed by atoms with Gasteiger partial charge in [0.2, 0.25) is 0 Å². The molecule has 1 saturated heterocycles. The highest BCUT2D eigenvalue weighted by Crippen LogP contribution is 2.30. The summed E-state index contributed by atoms with van der Waals surface area (Å²) in [6, 6.07) is 10.4. The highest BCUT2D eigenvalue weighted by Gasteiger charge is 2.25. The van der Waals surface area contributed by atoms with E-state index < -0.39 is 0 Å². The molecule has 1 aromatic carbocycles. The summed E-state index contributed by atoms with van der Waals surface area (Å²) in [4.78, 5) is 11.4. The van der Waals surface area contributed by atoms with E-state index in [0.29, 0.717) is 12.7 Å². The molecule has 2 aliphatic rings. The lowest BCUT2D eigenvalue weighted by molar-refractivity contribution is 0.0250. The first-order chi connectivity index (χ1) is 11.4. The van der Waals surface area contributed by atoms with Crippen molar-refractivity contribution in [1.29, 1.82) is 0 Å². The van der Waals surface area contributed by atoms with Gasteiger partial charge in [0.1, 0.15) is 12.1 Å². The molecule has 0 amide bonds. The average Bonchev–Trinajstić information content (AvgIpc) is 3.10. The number of hydrogen-bond donors (Lipinski definition) is 0. The smallest absolute Gasteiger partial charge is 0.135 e. The Kier molecular flexibility index (Phi) is 4.24. The van der Waals surface area contributed by atoms with Crippen LogP contribution in [0, 0.1) is 0 Å². The van der Waals surface area contributed by atoms with Crippen LogP contribution >= 0.6 is 0 Å². The molecule has 0 N–H and O–H groups in total. The summed E-state index contributed by atoms with van der Waals surface area (Å²) in [7, 11) is 0. The van der Waals surface area contributed by atoms with Crippen molar-refractivity contribution < 1.29 is 4.74 Å². The molecule has 23 heavy (non-hydrogen) atoms. The number of fused-ring (bicyclic) bond motifs is 1. The van der Waals surface area contributed by atoms with Crippen molar-refractivity contribution in [3.63, 3.8) is 0 Å². The SMILES string of the molecule is c1ccc(COC2CCN(c3ncnc4c3CCC4)CC2)cc1. The zero-order chi connectivity index (χ0) is 15.5. The molecular formula is C19H23N3O. The van der Waals surface area contributed by atoms with Crippen LogP contribution < -0.4 is 4.90 Å². The number of hydrogen-bond acceptors (Lipinski definition) is 4. The molecule has 4 nitrogen and oxygen atoms in total. The van der Waals surface area contributed by atoms with Crippen LogP contribution in [0.25, 0.3) is 0 Å². The van der Waals surface area contributed by atoms with Gasteiger partial charge in [-0.15, -0.1) is 0 Å². The number of aryl methyl sites for hydroxylation is 1.